The molecule has 1 atom stereocenters. The SMILES string of the molecule is C#CCOc1ccc(CCNC(=O)[C@@H](COCc2ccc(Cl)cc2)OCC)cc1OC. The number of halogens is 1. The monoisotopic (exact) mass is 445 g/mol. The summed E-state index contributed by atoms with van der Waals surface area (Å²) in [5.41, 5.74) is 1.97. The smallest absolute Gasteiger partial charge is 0.251 e. The lowest BCUT2D eigenvalue weighted by molar-refractivity contribution is -0.137. The van der Waals surface area contributed by atoms with Crippen LogP contribution in [-0.2, 0) is 27.3 Å². The molecule has 0 aromatic heterocycles. The summed E-state index contributed by atoms with van der Waals surface area (Å²) in [6, 6.07) is 13.0. The van der Waals surface area contributed by atoms with Gasteiger partial charge in [0, 0.05) is 18.2 Å². The van der Waals surface area contributed by atoms with Crippen molar-refractivity contribution in [1.29, 1.82) is 0 Å². The number of ether oxygens (including phenoxy) is 4. The minimum absolute atomic E-state index is 0.164. The zero-order chi connectivity index (χ0) is 22.5. The molecule has 2 aromatic rings. The van der Waals surface area contributed by atoms with E-state index >= 15 is 0 Å². The number of carbonyl (C=O) groups excluding carboxylic acids is 1. The fraction of sp³-hybridized carbons (Fsp3) is 0.375. The number of methoxy groups -OCH3 is 1. The van der Waals surface area contributed by atoms with Crippen LogP contribution in [0.25, 0.3) is 0 Å². The number of benzene rings is 2. The summed E-state index contributed by atoms with van der Waals surface area (Å²) in [7, 11) is 1.57. The lowest BCUT2D eigenvalue weighted by Crippen LogP contribution is -2.40. The Kier molecular flexibility index (Phi) is 10.7. The molecule has 31 heavy (non-hydrogen) atoms. The lowest BCUT2D eigenvalue weighted by Gasteiger charge is -2.17. The second-order valence-electron chi connectivity index (χ2n) is 6.60. The van der Waals surface area contributed by atoms with Crippen LogP contribution < -0.4 is 14.8 Å². The van der Waals surface area contributed by atoms with Gasteiger partial charge in [0.1, 0.15) is 6.61 Å². The minimum atomic E-state index is -0.675. The maximum Gasteiger partial charge on any atom is 0.251 e. The molecular formula is C24H28ClNO5. The van der Waals surface area contributed by atoms with Crippen LogP contribution in [0.3, 0.4) is 0 Å². The highest BCUT2D eigenvalue weighted by atomic mass is 35.5. The molecule has 0 aliphatic carbocycles. The third-order valence-electron chi connectivity index (χ3n) is 4.36. The number of rotatable bonds is 13. The van der Waals surface area contributed by atoms with E-state index in [9.17, 15) is 4.79 Å². The molecule has 0 spiro atoms. The fourth-order valence-electron chi connectivity index (χ4n) is 2.82. The molecule has 0 aliphatic heterocycles. The van der Waals surface area contributed by atoms with Gasteiger partial charge in [-0.1, -0.05) is 35.7 Å². The molecule has 0 saturated heterocycles. The molecule has 0 unspecified atom stereocenters. The van der Waals surface area contributed by atoms with Crippen molar-refractivity contribution >= 4 is 17.5 Å². The average molecular weight is 446 g/mol. The van der Waals surface area contributed by atoms with Crippen molar-refractivity contribution in [2.45, 2.75) is 26.1 Å². The van der Waals surface area contributed by atoms with Crippen molar-refractivity contribution in [3.63, 3.8) is 0 Å². The van der Waals surface area contributed by atoms with E-state index in [1.165, 1.54) is 0 Å². The van der Waals surface area contributed by atoms with Gasteiger partial charge >= 0.3 is 0 Å². The minimum Gasteiger partial charge on any atom is -0.493 e. The van der Waals surface area contributed by atoms with Crippen LogP contribution in [0.1, 0.15) is 18.1 Å². The standard InChI is InChI=1S/C24H28ClNO5/c1-4-14-31-21-11-8-18(15-22(21)28-3)12-13-26-24(27)23(30-5-2)17-29-16-19-6-9-20(25)10-7-19/h1,6-11,15,23H,5,12-14,16-17H2,2-3H3,(H,26,27)/t23-/m1/s1. The molecule has 0 bridgehead atoms. The maximum absolute atomic E-state index is 12.5. The molecule has 1 amide bonds. The van der Waals surface area contributed by atoms with Crippen LogP contribution in [0.15, 0.2) is 42.5 Å². The Labute approximate surface area is 188 Å². The largest absolute Gasteiger partial charge is 0.493 e. The van der Waals surface area contributed by atoms with E-state index in [1.54, 1.807) is 25.3 Å². The third-order valence-corrected chi connectivity index (χ3v) is 4.62. The second kappa shape index (κ2) is 13.6. The second-order valence-corrected chi connectivity index (χ2v) is 7.04. The molecule has 0 heterocycles. The number of amides is 1. The van der Waals surface area contributed by atoms with E-state index in [-0.39, 0.29) is 19.1 Å². The first-order valence-corrected chi connectivity index (χ1v) is 10.4. The molecule has 2 aromatic carbocycles. The summed E-state index contributed by atoms with van der Waals surface area (Å²) in [6.07, 6.45) is 5.18. The molecule has 7 heteroatoms. The van der Waals surface area contributed by atoms with Crippen molar-refractivity contribution in [1.82, 2.24) is 5.32 Å². The fourth-order valence-corrected chi connectivity index (χ4v) is 2.94. The Hall–Kier alpha value is -2.72. The first-order valence-electron chi connectivity index (χ1n) is 10.0. The van der Waals surface area contributed by atoms with Crippen molar-refractivity contribution in [3.05, 3.63) is 58.6 Å². The van der Waals surface area contributed by atoms with E-state index in [0.717, 1.165) is 11.1 Å². The van der Waals surface area contributed by atoms with Crippen LogP contribution >= 0.6 is 11.6 Å². The molecule has 0 fully saturated rings. The Morgan fingerprint density at radius 2 is 1.90 bits per heavy atom. The van der Waals surface area contributed by atoms with Crippen LogP contribution in [0.5, 0.6) is 11.5 Å². The highest BCUT2D eigenvalue weighted by Crippen LogP contribution is 2.28. The molecular weight excluding hydrogens is 418 g/mol. The van der Waals surface area contributed by atoms with Crippen LogP contribution in [0, 0.1) is 12.3 Å². The molecule has 0 aliphatic rings. The van der Waals surface area contributed by atoms with Gasteiger partial charge in [-0.15, -0.1) is 6.42 Å². The summed E-state index contributed by atoms with van der Waals surface area (Å²) in [6.45, 7) is 3.42. The number of nitrogens with one attached hydrogen (secondary N) is 1. The van der Waals surface area contributed by atoms with Gasteiger partial charge in [-0.3, -0.25) is 4.79 Å². The van der Waals surface area contributed by atoms with Crippen molar-refractivity contribution < 1.29 is 23.7 Å². The number of hydrogen-bond acceptors (Lipinski definition) is 5. The van der Waals surface area contributed by atoms with Crippen molar-refractivity contribution in [2.75, 3.05) is 33.5 Å². The number of carbonyl (C=O) groups is 1. The van der Waals surface area contributed by atoms with Gasteiger partial charge in [0.25, 0.3) is 5.91 Å². The van der Waals surface area contributed by atoms with Gasteiger partial charge in [0.2, 0.25) is 0 Å². The summed E-state index contributed by atoms with van der Waals surface area (Å²) < 4.78 is 22.0. The summed E-state index contributed by atoms with van der Waals surface area (Å²) >= 11 is 5.88. The first-order chi connectivity index (χ1) is 15.1. The topological polar surface area (TPSA) is 66.0 Å². The molecule has 166 valence electrons. The maximum atomic E-state index is 12.5. The van der Waals surface area contributed by atoms with E-state index in [2.05, 4.69) is 11.2 Å². The Bertz CT molecular complexity index is 863. The van der Waals surface area contributed by atoms with Gasteiger partial charge in [0.05, 0.1) is 20.3 Å². The van der Waals surface area contributed by atoms with E-state index in [1.807, 2.05) is 31.2 Å². The molecule has 6 nitrogen and oxygen atoms in total. The zero-order valence-electron chi connectivity index (χ0n) is 17.9. The normalized spacial score (nSPS) is 11.4. The summed E-state index contributed by atoms with van der Waals surface area (Å²) in [5.74, 6) is 3.40. The molecule has 1 N–H and O–H groups in total. The van der Waals surface area contributed by atoms with E-state index in [4.69, 9.17) is 37.0 Å². The summed E-state index contributed by atoms with van der Waals surface area (Å²) in [4.78, 5) is 12.5. The third kappa shape index (κ3) is 8.50. The molecule has 0 saturated carbocycles. The van der Waals surface area contributed by atoms with Gasteiger partial charge in [-0.2, -0.15) is 0 Å². The Morgan fingerprint density at radius 3 is 2.58 bits per heavy atom. The Morgan fingerprint density at radius 1 is 1.16 bits per heavy atom. The van der Waals surface area contributed by atoms with Crippen LogP contribution in [0.2, 0.25) is 5.02 Å². The summed E-state index contributed by atoms with van der Waals surface area (Å²) in [5, 5.41) is 3.57. The van der Waals surface area contributed by atoms with Gasteiger partial charge in [-0.05, 0) is 48.7 Å². The van der Waals surface area contributed by atoms with Crippen LogP contribution in [-0.4, -0.2) is 45.5 Å². The Balaban J connectivity index is 1.81. The first kappa shape index (κ1) is 24.5. The number of hydrogen-bond donors (Lipinski definition) is 1. The average Bonchev–Trinajstić information content (AvgIpc) is 2.78. The van der Waals surface area contributed by atoms with Gasteiger partial charge in [-0.25, -0.2) is 0 Å². The van der Waals surface area contributed by atoms with Crippen molar-refractivity contribution in [2.24, 2.45) is 0 Å². The molecule has 2 rings (SSSR count). The highest BCUT2D eigenvalue weighted by Gasteiger charge is 2.18. The lowest BCUT2D eigenvalue weighted by atomic mass is 10.1. The quantitative estimate of drug-likeness (QED) is 0.477. The highest BCUT2D eigenvalue weighted by molar-refractivity contribution is 6.30. The van der Waals surface area contributed by atoms with Gasteiger partial charge < -0.3 is 24.3 Å². The van der Waals surface area contributed by atoms with Gasteiger partial charge in [0.15, 0.2) is 17.6 Å². The predicted octanol–water partition coefficient (Wildman–Crippen LogP) is 3.64. The van der Waals surface area contributed by atoms with E-state index in [0.29, 0.717) is 42.7 Å². The zero-order valence-corrected chi connectivity index (χ0v) is 18.6. The number of terminal acetylenes is 1. The predicted molar refractivity (Wildman–Crippen MR) is 121 cm³/mol. The van der Waals surface area contributed by atoms with Crippen LogP contribution in [0.4, 0.5) is 0 Å². The van der Waals surface area contributed by atoms with E-state index < -0.39 is 6.10 Å². The molecule has 0 radical (unpaired) electrons. The van der Waals surface area contributed by atoms with Crippen molar-refractivity contribution in [3.8, 4) is 23.8 Å².